The summed E-state index contributed by atoms with van der Waals surface area (Å²) in [5.74, 6) is 0.609. The van der Waals surface area contributed by atoms with Crippen molar-refractivity contribution in [2.75, 3.05) is 4.43 Å². The van der Waals surface area contributed by atoms with Crippen molar-refractivity contribution in [3.63, 3.8) is 0 Å². The van der Waals surface area contributed by atoms with Crippen LogP contribution in [0, 0.1) is 5.92 Å². The average molecular weight is 228 g/mol. The Morgan fingerprint density at radius 1 is 1.62 bits per heavy atom. The molecule has 4 N–H and O–H groups in total. The van der Waals surface area contributed by atoms with Crippen molar-refractivity contribution in [1.82, 2.24) is 0 Å². The predicted octanol–water partition coefficient (Wildman–Crippen LogP) is 0.691. The van der Waals surface area contributed by atoms with Crippen molar-refractivity contribution in [3.8, 4) is 0 Å². The van der Waals surface area contributed by atoms with E-state index in [4.69, 9.17) is 9.68 Å². The fourth-order valence-electron chi connectivity index (χ4n) is 0.630. The van der Waals surface area contributed by atoms with E-state index in [0.717, 1.165) is 4.43 Å². The van der Waals surface area contributed by atoms with E-state index in [9.17, 15) is 0 Å². The average Bonchev–Trinajstić information content (AvgIpc) is 2.17. The van der Waals surface area contributed by atoms with E-state index < -0.39 is 20.1 Å². The van der Waals surface area contributed by atoms with Crippen LogP contribution in [0.5, 0.6) is 0 Å². The third kappa shape index (κ3) is 0.867. The molecule has 1 fully saturated rings. The number of alkyl halides is 2. The van der Waals surface area contributed by atoms with Crippen molar-refractivity contribution in [3.05, 3.63) is 0 Å². The molecule has 1 heterocycles. The third-order valence-electron chi connectivity index (χ3n) is 1.68. The van der Waals surface area contributed by atoms with Crippen LogP contribution in [-0.2, 0) is 0 Å². The SMILES string of the molecule is CC(C)C1(N)CI1N. The Bertz CT molecular complexity index is 105. The van der Waals surface area contributed by atoms with Crippen LogP contribution < -0.4 is 9.68 Å². The molecule has 3 heteroatoms. The number of halogens is 1. The quantitative estimate of drug-likeness (QED) is 0.300. The first-order chi connectivity index (χ1) is 3.57. The summed E-state index contributed by atoms with van der Waals surface area (Å²) in [4.78, 5) is 0. The van der Waals surface area contributed by atoms with Gasteiger partial charge in [0.05, 0.1) is 0 Å². The molecule has 0 bridgehead atoms. The maximum absolute atomic E-state index is 5.88. The van der Waals surface area contributed by atoms with Gasteiger partial charge in [-0.3, -0.25) is 0 Å². The van der Waals surface area contributed by atoms with E-state index in [0.29, 0.717) is 5.92 Å². The topological polar surface area (TPSA) is 52.0 Å². The van der Waals surface area contributed by atoms with Crippen molar-refractivity contribution in [2.24, 2.45) is 15.6 Å². The van der Waals surface area contributed by atoms with Gasteiger partial charge in [-0.25, -0.2) is 0 Å². The Kier molecular flexibility index (Phi) is 1.54. The van der Waals surface area contributed by atoms with Crippen molar-refractivity contribution in [1.29, 1.82) is 0 Å². The van der Waals surface area contributed by atoms with Gasteiger partial charge in [0, 0.05) is 0 Å². The maximum atomic E-state index is 5.88. The Hall–Kier alpha value is 0.650. The fourth-order valence-corrected chi connectivity index (χ4v) is 5.34. The molecule has 0 saturated carbocycles. The third-order valence-corrected chi connectivity index (χ3v) is 7.05. The van der Waals surface area contributed by atoms with E-state index in [-0.39, 0.29) is 3.55 Å². The first-order valence-corrected chi connectivity index (χ1v) is 6.61. The minimum atomic E-state index is -1.05. The summed E-state index contributed by atoms with van der Waals surface area (Å²) in [5.41, 5.74) is 5.88. The Morgan fingerprint density at radius 3 is 2.00 bits per heavy atom. The summed E-state index contributed by atoms with van der Waals surface area (Å²) in [6, 6.07) is 0. The fraction of sp³-hybridized carbons (Fsp3) is 1.00. The second-order valence-electron chi connectivity index (χ2n) is 2.61. The van der Waals surface area contributed by atoms with E-state index in [1.807, 2.05) is 0 Å². The molecule has 0 spiro atoms. The molecule has 1 aliphatic rings. The number of rotatable bonds is 1. The van der Waals surface area contributed by atoms with Crippen LogP contribution >= 0.6 is 20.1 Å². The molecule has 1 atom stereocenters. The van der Waals surface area contributed by atoms with Crippen LogP contribution in [0.1, 0.15) is 13.8 Å². The van der Waals surface area contributed by atoms with E-state index in [1.54, 1.807) is 0 Å². The molecule has 2 nitrogen and oxygen atoms in total. The first-order valence-electron chi connectivity index (χ1n) is 2.76. The predicted molar refractivity (Wildman–Crippen MR) is 44.8 cm³/mol. The monoisotopic (exact) mass is 228 g/mol. The Balaban J connectivity index is 2.47. The Labute approximate surface area is 57.7 Å². The summed E-state index contributed by atoms with van der Waals surface area (Å²) < 4.78 is 7.04. The van der Waals surface area contributed by atoms with Crippen LogP contribution in [0.4, 0.5) is 0 Å². The van der Waals surface area contributed by atoms with Gasteiger partial charge in [-0.15, -0.1) is 0 Å². The molecule has 1 aliphatic heterocycles. The number of hydrogen-bond acceptors (Lipinski definition) is 2. The zero-order valence-electron chi connectivity index (χ0n) is 5.32. The van der Waals surface area contributed by atoms with E-state index in [1.165, 1.54) is 0 Å². The molecule has 0 aromatic rings. The summed E-state index contributed by atoms with van der Waals surface area (Å²) >= 11 is -1.05. The van der Waals surface area contributed by atoms with Crippen molar-refractivity contribution >= 4 is 20.1 Å². The number of hydrogen-bond donors (Lipinski definition) is 2. The van der Waals surface area contributed by atoms with Gasteiger partial charge in [-0.1, -0.05) is 0 Å². The van der Waals surface area contributed by atoms with Gasteiger partial charge in [0.25, 0.3) is 0 Å². The molecule has 0 radical (unpaired) electrons. The molecule has 1 unspecified atom stereocenters. The molecule has 0 aliphatic carbocycles. The summed E-state index contributed by atoms with van der Waals surface area (Å²) in [6.07, 6.45) is 0. The molecule has 1 rings (SSSR count). The van der Waals surface area contributed by atoms with Crippen LogP contribution in [0.3, 0.4) is 0 Å². The summed E-state index contributed by atoms with van der Waals surface area (Å²) in [5, 5.41) is 0. The van der Waals surface area contributed by atoms with Crippen LogP contribution in [0.25, 0.3) is 0 Å². The molecule has 1 saturated heterocycles. The van der Waals surface area contributed by atoms with Crippen LogP contribution in [-0.4, -0.2) is 7.97 Å². The standard InChI is InChI=1S/C5H13IN2/c1-4(2)5(7)3-6(5)8/h4H,3,7-8H2,1-2H3. The van der Waals surface area contributed by atoms with Gasteiger partial charge >= 0.3 is 57.5 Å². The zero-order chi connectivity index (χ0) is 6.36. The molecule has 50 valence electrons. The molecule has 0 amide bonds. The van der Waals surface area contributed by atoms with E-state index >= 15 is 0 Å². The van der Waals surface area contributed by atoms with Gasteiger partial charge in [-0.2, -0.15) is 0 Å². The molecule has 8 heavy (non-hydrogen) atoms. The van der Waals surface area contributed by atoms with Crippen molar-refractivity contribution in [2.45, 2.75) is 17.4 Å². The van der Waals surface area contributed by atoms with Crippen LogP contribution in [0.2, 0.25) is 0 Å². The molecule has 0 aromatic heterocycles. The summed E-state index contributed by atoms with van der Waals surface area (Å²) in [7, 11) is 0. The molecule has 0 aromatic carbocycles. The second kappa shape index (κ2) is 1.82. The van der Waals surface area contributed by atoms with Gasteiger partial charge in [0.2, 0.25) is 0 Å². The first kappa shape index (κ1) is 6.77. The van der Waals surface area contributed by atoms with E-state index in [2.05, 4.69) is 13.8 Å². The summed E-state index contributed by atoms with van der Waals surface area (Å²) in [6.45, 7) is 4.31. The van der Waals surface area contributed by atoms with Crippen molar-refractivity contribution < 1.29 is 0 Å². The minimum absolute atomic E-state index is 0.143. The van der Waals surface area contributed by atoms with Gasteiger partial charge in [-0.05, 0) is 0 Å². The molecular weight excluding hydrogens is 215 g/mol. The second-order valence-corrected chi connectivity index (χ2v) is 7.65. The normalized spacial score (nSPS) is 40.9. The Morgan fingerprint density at radius 2 is 2.00 bits per heavy atom. The van der Waals surface area contributed by atoms with Crippen LogP contribution in [0.15, 0.2) is 0 Å². The molecular formula is C5H13IN2. The zero-order valence-corrected chi connectivity index (χ0v) is 7.47. The van der Waals surface area contributed by atoms with Gasteiger partial charge in [0.1, 0.15) is 0 Å². The van der Waals surface area contributed by atoms with Gasteiger partial charge < -0.3 is 0 Å². The van der Waals surface area contributed by atoms with Gasteiger partial charge in [0.15, 0.2) is 0 Å². The number of nitrogens with two attached hydrogens (primary N) is 2.